The van der Waals surface area contributed by atoms with Gasteiger partial charge in [-0.2, -0.15) is 8.78 Å². The Hall–Kier alpha value is -1.89. The number of carbonyl (C=O) groups excluding carboxylic acids is 1. The van der Waals surface area contributed by atoms with Gasteiger partial charge in [0.2, 0.25) is 0 Å². The molecule has 2 atom stereocenters. The average molecular weight is 342 g/mol. The molecule has 2 N–H and O–H groups in total. The minimum absolute atomic E-state index is 0.0725. The van der Waals surface area contributed by atoms with Crippen molar-refractivity contribution in [2.75, 3.05) is 13.2 Å². The normalized spacial score (nSPS) is 21.8. The molecule has 0 spiro atoms. The summed E-state index contributed by atoms with van der Waals surface area (Å²) in [6.45, 7) is 1.49. The van der Waals surface area contributed by atoms with Crippen LogP contribution in [0.2, 0.25) is 0 Å². The summed E-state index contributed by atoms with van der Waals surface area (Å²) in [5, 5.41) is 12.5. The number of ether oxygens (including phenoxy) is 1. The predicted molar refractivity (Wildman–Crippen MR) is 86.1 cm³/mol. The predicted octanol–water partition coefficient (Wildman–Crippen LogP) is 3.30. The number of nitrogens with zero attached hydrogens (tertiary/aromatic N) is 1. The number of aliphatic hydroxyl groups is 1. The van der Waals surface area contributed by atoms with Crippen LogP contribution in [0.3, 0.4) is 0 Å². The molecule has 0 saturated carbocycles. The van der Waals surface area contributed by atoms with Crippen molar-refractivity contribution < 1.29 is 23.4 Å². The number of carbonyl (C=O) groups is 1. The lowest BCUT2D eigenvalue weighted by atomic mass is 10.0. The Morgan fingerprint density at radius 3 is 2.62 bits per heavy atom. The second kappa shape index (κ2) is 7.79. The van der Waals surface area contributed by atoms with Gasteiger partial charge in [-0.25, -0.2) is 4.79 Å². The van der Waals surface area contributed by atoms with Crippen molar-refractivity contribution >= 4 is 6.03 Å². The summed E-state index contributed by atoms with van der Waals surface area (Å²) >= 11 is 0. The Kier molecular flexibility index (Phi) is 5.99. The van der Waals surface area contributed by atoms with E-state index in [2.05, 4.69) is 10.1 Å². The van der Waals surface area contributed by atoms with Crippen molar-refractivity contribution in [3.05, 3.63) is 29.8 Å². The number of urea groups is 1. The van der Waals surface area contributed by atoms with Gasteiger partial charge in [0, 0.05) is 6.54 Å². The number of hydrogen-bond donors (Lipinski definition) is 2. The van der Waals surface area contributed by atoms with Crippen LogP contribution in [0.15, 0.2) is 24.3 Å². The molecule has 1 aromatic carbocycles. The van der Waals surface area contributed by atoms with E-state index in [1.54, 1.807) is 17.0 Å². The molecule has 0 aromatic heterocycles. The smallest absolute Gasteiger partial charge is 0.387 e. The number of rotatable bonds is 6. The Morgan fingerprint density at radius 1 is 1.42 bits per heavy atom. The van der Waals surface area contributed by atoms with Crippen LogP contribution in [0.25, 0.3) is 0 Å². The number of nitrogens with one attached hydrogen (secondary N) is 1. The maximum atomic E-state index is 12.6. The number of benzene rings is 1. The zero-order chi connectivity index (χ0) is 17.7. The monoisotopic (exact) mass is 342 g/mol. The van der Waals surface area contributed by atoms with E-state index >= 15 is 0 Å². The highest BCUT2D eigenvalue weighted by atomic mass is 19.3. The van der Waals surface area contributed by atoms with Crippen molar-refractivity contribution in [1.82, 2.24) is 10.2 Å². The summed E-state index contributed by atoms with van der Waals surface area (Å²) in [5.41, 5.74) is 0.287. The van der Waals surface area contributed by atoms with E-state index in [0.717, 1.165) is 18.4 Å². The molecule has 2 amide bonds. The fourth-order valence-electron chi connectivity index (χ4n) is 3.06. The topological polar surface area (TPSA) is 61.8 Å². The molecular formula is C17H24F2N2O3. The van der Waals surface area contributed by atoms with Crippen molar-refractivity contribution in [2.24, 2.45) is 0 Å². The molecule has 0 radical (unpaired) electrons. The summed E-state index contributed by atoms with van der Waals surface area (Å²) in [4.78, 5) is 14.2. The Morgan fingerprint density at radius 2 is 2.08 bits per heavy atom. The fraction of sp³-hybridized carbons (Fsp3) is 0.588. The van der Waals surface area contributed by atoms with Gasteiger partial charge >= 0.3 is 12.6 Å². The van der Waals surface area contributed by atoms with Gasteiger partial charge in [0.1, 0.15) is 5.75 Å². The second-order valence-electron chi connectivity index (χ2n) is 6.27. The third kappa shape index (κ3) is 4.14. The van der Waals surface area contributed by atoms with Crippen LogP contribution in [0.5, 0.6) is 5.75 Å². The van der Waals surface area contributed by atoms with E-state index in [4.69, 9.17) is 0 Å². The molecule has 0 aliphatic carbocycles. The van der Waals surface area contributed by atoms with E-state index in [1.807, 2.05) is 13.8 Å². The second-order valence-corrected chi connectivity index (χ2v) is 6.27. The van der Waals surface area contributed by atoms with Crippen molar-refractivity contribution in [3.8, 4) is 5.75 Å². The number of alkyl halides is 2. The molecule has 24 heavy (non-hydrogen) atoms. The molecule has 2 rings (SSSR count). The van der Waals surface area contributed by atoms with Gasteiger partial charge in [-0.1, -0.05) is 19.1 Å². The van der Waals surface area contributed by atoms with E-state index in [0.29, 0.717) is 13.0 Å². The van der Waals surface area contributed by atoms with Crippen LogP contribution in [-0.2, 0) is 0 Å². The van der Waals surface area contributed by atoms with Crippen LogP contribution in [0, 0.1) is 0 Å². The van der Waals surface area contributed by atoms with Gasteiger partial charge in [-0.15, -0.1) is 0 Å². The molecule has 1 fully saturated rings. The molecule has 1 aliphatic heterocycles. The van der Waals surface area contributed by atoms with Gasteiger partial charge in [0.05, 0.1) is 18.2 Å². The maximum absolute atomic E-state index is 12.6. The van der Waals surface area contributed by atoms with Gasteiger partial charge in [0.25, 0.3) is 0 Å². The molecule has 0 unspecified atom stereocenters. The maximum Gasteiger partial charge on any atom is 0.387 e. The highest BCUT2D eigenvalue weighted by Gasteiger charge is 2.39. The Labute approximate surface area is 140 Å². The van der Waals surface area contributed by atoms with E-state index < -0.39 is 12.2 Å². The first-order valence-electron chi connectivity index (χ1n) is 8.13. The Bertz CT molecular complexity index is 553. The fourth-order valence-corrected chi connectivity index (χ4v) is 3.06. The highest BCUT2D eigenvalue weighted by Crippen LogP contribution is 2.29. The van der Waals surface area contributed by atoms with Crippen molar-refractivity contribution in [2.45, 2.75) is 51.3 Å². The number of likely N-dealkylation sites (tertiary alicyclic amines) is 1. The molecule has 1 aromatic rings. The quantitative estimate of drug-likeness (QED) is 0.834. The van der Waals surface area contributed by atoms with Gasteiger partial charge in [-0.05, 0) is 43.9 Å². The van der Waals surface area contributed by atoms with Crippen molar-refractivity contribution in [3.63, 3.8) is 0 Å². The summed E-state index contributed by atoms with van der Waals surface area (Å²) in [6, 6.07) is 5.81. The van der Waals surface area contributed by atoms with Crippen LogP contribution in [0.4, 0.5) is 13.6 Å². The van der Waals surface area contributed by atoms with Gasteiger partial charge in [-0.3, -0.25) is 0 Å². The molecule has 1 saturated heterocycles. The lowest BCUT2D eigenvalue weighted by Gasteiger charge is -2.34. The number of halogens is 2. The molecular weight excluding hydrogens is 318 g/mol. The Balaban J connectivity index is 2.05. The van der Waals surface area contributed by atoms with E-state index in [-0.39, 0.29) is 24.4 Å². The highest BCUT2D eigenvalue weighted by molar-refractivity contribution is 5.76. The zero-order valence-electron chi connectivity index (χ0n) is 14.0. The van der Waals surface area contributed by atoms with Crippen LogP contribution >= 0.6 is 0 Å². The first kappa shape index (κ1) is 18.4. The van der Waals surface area contributed by atoms with Crippen LogP contribution in [0.1, 0.15) is 44.7 Å². The lowest BCUT2D eigenvalue weighted by molar-refractivity contribution is -0.0498. The van der Waals surface area contributed by atoms with Gasteiger partial charge in [0.15, 0.2) is 0 Å². The SMILES string of the molecule is CC[C@H](NC(=O)N1CCC[C@@]1(C)CO)c1ccc(OC(F)F)cc1. The lowest BCUT2D eigenvalue weighted by Crippen LogP contribution is -2.52. The number of amides is 2. The van der Waals surface area contributed by atoms with E-state index in [1.165, 1.54) is 12.1 Å². The minimum Gasteiger partial charge on any atom is -0.435 e. The standard InChI is InChI=1S/C17H24F2N2O3/c1-3-14(12-5-7-13(8-6-12)24-15(18)19)20-16(23)21-10-4-9-17(21,2)11-22/h5-8,14-15,22H,3-4,9-11H2,1-2H3,(H,20,23)/t14-,17-/m0/s1. The molecule has 134 valence electrons. The van der Waals surface area contributed by atoms with Crippen LogP contribution < -0.4 is 10.1 Å². The largest absolute Gasteiger partial charge is 0.435 e. The molecule has 5 nitrogen and oxygen atoms in total. The third-order valence-corrected chi connectivity index (χ3v) is 4.55. The summed E-state index contributed by atoms with van der Waals surface area (Å²) in [6.07, 6.45) is 2.29. The first-order valence-corrected chi connectivity index (χ1v) is 8.13. The molecule has 0 bridgehead atoms. The van der Waals surface area contributed by atoms with Gasteiger partial charge < -0.3 is 20.1 Å². The number of aliphatic hydroxyl groups excluding tert-OH is 1. The zero-order valence-corrected chi connectivity index (χ0v) is 14.0. The van der Waals surface area contributed by atoms with Crippen LogP contribution in [-0.4, -0.2) is 41.3 Å². The average Bonchev–Trinajstić information content (AvgIpc) is 2.95. The summed E-state index contributed by atoms with van der Waals surface area (Å²) in [7, 11) is 0. The summed E-state index contributed by atoms with van der Waals surface area (Å²) in [5.74, 6) is 0.0855. The first-order chi connectivity index (χ1) is 11.4. The van der Waals surface area contributed by atoms with Crippen molar-refractivity contribution in [1.29, 1.82) is 0 Å². The van der Waals surface area contributed by atoms with E-state index in [9.17, 15) is 18.7 Å². The molecule has 1 heterocycles. The third-order valence-electron chi connectivity index (χ3n) is 4.55. The summed E-state index contributed by atoms with van der Waals surface area (Å²) < 4.78 is 28.7. The number of hydrogen-bond acceptors (Lipinski definition) is 3. The molecule has 7 heteroatoms. The minimum atomic E-state index is -2.86. The molecule has 1 aliphatic rings.